The standard InChI is InChI=1S/C16H31NOSi/c1-14(2)12-19(13-15(3)4)11-7-9-16(18-19)8-5-6-10-17/h14-16H,5-9,11-13H2,1-4H3. The topological polar surface area (TPSA) is 33.0 Å². The van der Waals surface area contributed by atoms with Crippen molar-refractivity contribution in [3.8, 4) is 6.07 Å². The van der Waals surface area contributed by atoms with Gasteiger partial charge in [0.2, 0.25) is 0 Å². The molecule has 0 N–H and O–H groups in total. The van der Waals surface area contributed by atoms with E-state index in [9.17, 15) is 0 Å². The minimum Gasteiger partial charge on any atom is -0.414 e. The maximum atomic E-state index is 8.65. The van der Waals surface area contributed by atoms with Gasteiger partial charge < -0.3 is 4.43 Å². The van der Waals surface area contributed by atoms with Crippen LogP contribution in [0.15, 0.2) is 0 Å². The first-order valence-electron chi connectivity index (χ1n) is 8.02. The van der Waals surface area contributed by atoms with E-state index in [1.54, 1.807) is 0 Å². The number of hydrogen-bond donors (Lipinski definition) is 0. The van der Waals surface area contributed by atoms with Crippen molar-refractivity contribution >= 4 is 8.32 Å². The van der Waals surface area contributed by atoms with Crippen molar-refractivity contribution in [3.63, 3.8) is 0 Å². The molecule has 110 valence electrons. The molecule has 0 bridgehead atoms. The number of hydrogen-bond acceptors (Lipinski definition) is 2. The van der Waals surface area contributed by atoms with Gasteiger partial charge in [-0.05, 0) is 49.2 Å². The van der Waals surface area contributed by atoms with E-state index in [0.717, 1.165) is 24.7 Å². The molecule has 19 heavy (non-hydrogen) atoms. The molecule has 0 aromatic rings. The minimum absolute atomic E-state index is 0.450. The van der Waals surface area contributed by atoms with Crippen LogP contribution in [-0.2, 0) is 4.43 Å². The first kappa shape index (κ1) is 16.7. The van der Waals surface area contributed by atoms with Crippen LogP contribution in [0.2, 0.25) is 18.1 Å². The summed E-state index contributed by atoms with van der Waals surface area (Å²) in [6.45, 7) is 9.32. The molecule has 1 unspecified atom stereocenters. The predicted octanol–water partition coefficient (Wildman–Crippen LogP) is 5.12. The first-order chi connectivity index (χ1) is 8.97. The molecule has 1 atom stereocenters. The number of nitriles is 1. The molecule has 1 aliphatic rings. The molecule has 0 amide bonds. The third-order valence-corrected chi connectivity index (χ3v) is 9.17. The Labute approximate surface area is 120 Å². The van der Waals surface area contributed by atoms with Crippen molar-refractivity contribution in [3.05, 3.63) is 0 Å². The Bertz CT molecular complexity index is 286. The molecule has 3 heteroatoms. The van der Waals surface area contributed by atoms with Crippen LogP contribution in [0.25, 0.3) is 0 Å². The molecule has 0 aromatic carbocycles. The summed E-state index contributed by atoms with van der Waals surface area (Å²) in [5.41, 5.74) is 0. The molecule has 0 radical (unpaired) electrons. The molecular formula is C16H31NOSi. The fourth-order valence-corrected chi connectivity index (χ4v) is 9.26. The quantitative estimate of drug-likeness (QED) is 0.479. The van der Waals surface area contributed by atoms with Gasteiger partial charge in [-0.15, -0.1) is 0 Å². The van der Waals surface area contributed by atoms with E-state index >= 15 is 0 Å². The molecule has 0 aromatic heterocycles. The molecule has 1 fully saturated rings. The summed E-state index contributed by atoms with van der Waals surface area (Å²) >= 11 is 0. The lowest BCUT2D eigenvalue weighted by Gasteiger charge is -2.42. The highest BCUT2D eigenvalue weighted by molar-refractivity contribution is 6.74. The molecule has 1 heterocycles. The van der Waals surface area contributed by atoms with Gasteiger partial charge in [-0.25, -0.2) is 0 Å². The average Bonchev–Trinajstić information content (AvgIpc) is 2.27. The zero-order valence-corrected chi connectivity index (χ0v) is 14.2. The predicted molar refractivity (Wildman–Crippen MR) is 83.4 cm³/mol. The molecule has 0 spiro atoms. The van der Waals surface area contributed by atoms with Gasteiger partial charge in [0, 0.05) is 12.5 Å². The fourth-order valence-electron chi connectivity index (χ4n) is 3.61. The van der Waals surface area contributed by atoms with E-state index in [2.05, 4.69) is 33.8 Å². The number of nitrogens with zero attached hydrogens (tertiary/aromatic N) is 1. The van der Waals surface area contributed by atoms with Gasteiger partial charge in [0.15, 0.2) is 8.32 Å². The van der Waals surface area contributed by atoms with E-state index in [1.807, 2.05) is 0 Å². The van der Waals surface area contributed by atoms with Crippen LogP contribution in [0.3, 0.4) is 0 Å². The summed E-state index contributed by atoms with van der Waals surface area (Å²) in [4.78, 5) is 0. The van der Waals surface area contributed by atoms with Gasteiger partial charge in [0.25, 0.3) is 0 Å². The summed E-state index contributed by atoms with van der Waals surface area (Å²) in [5.74, 6) is 1.51. The molecule has 1 aliphatic heterocycles. The monoisotopic (exact) mass is 281 g/mol. The number of rotatable bonds is 7. The van der Waals surface area contributed by atoms with E-state index in [-0.39, 0.29) is 0 Å². The Balaban J connectivity index is 2.60. The second-order valence-corrected chi connectivity index (χ2v) is 11.0. The second-order valence-electron chi connectivity index (χ2n) is 7.06. The van der Waals surface area contributed by atoms with Gasteiger partial charge in [-0.2, -0.15) is 5.26 Å². The Morgan fingerprint density at radius 3 is 2.37 bits per heavy atom. The lowest BCUT2D eigenvalue weighted by atomic mass is 10.1. The summed E-state index contributed by atoms with van der Waals surface area (Å²) in [6, 6.07) is 6.25. The van der Waals surface area contributed by atoms with Crippen LogP contribution in [0, 0.1) is 23.2 Å². The largest absolute Gasteiger partial charge is 0.414 e. The Morgan fingerprint density at radius 1 is 1.21 bits per heavy atom. The van der Waals surface area contributed by atoms with E-state index in [4.69, 9.17) is 9.69 Å². The van der Waals surface area contributed by atoms with Crippen molar-refractivity contribution in [1.82, 2.24) is 0 Å². The van der Waals surface area contributed by atoms with Crippen LogP contribution >= 0.6 is 0 Å². The lowest BCUT2D eigenvalue weighted by Crippen LogP contribution is -2.47. The Morgan fingerprint density at radius 2 is 1.84 bits per heavy atom. The Hall–Kier alpha value is -0.333. The maximum absolute atomic E-state index is 8.65. The van der Waals surface area contributed by atoms with Gasteiger partial charge in [-0.1, -0.05) is 34.1 Å². The lowest BCUT2D eigenvalue weighted by molar-refractivity contribution is 0.140. The molecular weight excluding hydrogens is 250 g/mol. The SMILES string of the molecule is CC(C)C[Si]1(CC(C)C)CCCC(CCCC#N)O1. The molecule has 0 saturated carbocycles. The Kier molecular flexibility index (Phi) is 7.10. The summed E-state index contributed by atoms with van der Waals surface area (Å²) in [7, 11) is -1.52. The normalized spacial score (nSPS) is 22.7. The first-order valence-corrected chi connectivity index (χ1v) is 10.5. The second kappa shape index (κ2) is 8.07. The van der Waals surface area contributed by atoms with Gasteiger partial charge in [-0.3, -0.25) is 0 Å². The third-order valence-electron chi connectivity index (χ3n) is 3.95. The van der Waals surface area contributed by atoms with E-state index in [0.29, 0.717) is 12.5 Å². The molecule has 2 nitrogen and oxygen atoms in total. The zero-order valence-electron chi connectivity index (χ0n) is 13.2. The van der Waals surface area contributed by atoms with Crippen LogP contribution < -0.4 is 0 Å². The van der Waals surface area contributed by atoms with Crippen LogP contribution in [0.4, 0.5) is 0 Å². The zero-order chi connectivity index (χ0) is 14.3. The summed E-state index contributed by atoms with van der Waals surface area (Å²) < 4.78 is 6.67. The van der Waals surface area contributed by atoms with Crippen LogP contribution in [-0.4, -0.2) is 14.4 Å². The fraction of sp³-hybridized carbons (Fsp3) is 0.938. The van der Waals surface area contributed by atoms with Crippen LogP contribution in [0.5, 0.6) is 0 Å². The summed E-state index contributed by atoms with van der Waals surface area (Å²) in [6.07, 6.45) is 5.81. The number of unbranched alkanes of at least 4 members (excludes halogenated alkanes) is 1. The maximum Gasteiger partial charge on any atom is 0.193 e. The molecule has 1 rings (SSSR count). The van der Waals surface area contributed by atoms with Crippen molar-refractivity contribution in [2.24, 2.45) is 11.8 Å². The van der Waals surface area contributed by atoms with E-state index < -0.39 is 8.32 Å². The van der Waals surface area contributed by atoms with Gasteiger partial charge in [0.05, 0.1) is 6.07 Å². The third kappa shape index (κ3) is 6.10. The van der Waals surface area contributed by atoms with Crippen molar-refractivity contribution < 1.29 is 4.43 Å². The van der Waals surface area contributed by atoms with Crippen molar-refractivity contribution in [1.29, 1.82) is 5.26 Å². The average molecular weight is 282 g/mol. The van der Waals surface area contributed by atoms with Gasteiger partial charge in [0.1, 0.15) is 0 Å². The highest BCUT2D eigenvalue weighted by Crippen LogP contribution is 2.38. The van der Waals surface area contributed by atoms with E-state index in [1.165, 1.54) is 31.0 Å². The molecule has 0 aliphatic carbocycles. The van der Waals surface area contributed by atoms with Crippen molar-refractivity contribution in [2.75, 3.05) is 0 Å². The van der Waals surface area contributed by atoms with Gasteiger partial charge >= 0.3 is 0 Å². The smallest absolute Gasteiger partial charge is 0.193 e. The highest BCUT2D eigenvalue weighted by atomic mass is 28.4. The van der Waals surface area contributed by atoms with Crippen LogP contribution in [0.1, 0.15) is 59.8 Å². The summed E-state index contributed by atoms with van der Waals surface area (Å²) in [5, 5.41) is 8.65. The highest BCUT2D eigenvalue weighted by Gasteiger charge is 2.40. The minimum atomic E-state index is -1.52. The molecule has 1 saturated heterocycles. The van der Waals surface area contributed by atoms with Crippen molar-refractivity contribution in [2.45, 2.75) is 84.0 Å².